The SMILES string of the molecule is Cn1cccc1[C@H](C#N)c1ccccc1C#N. The maximum absolute atomic E-state index is 9.32. The van der Waals surface area contributed by atoms with Crippen molar-refractivity contribution in [2.75, 3.05) is 0 Å². The third-order valence-corrected chi connectivity index (χ3v) is 2.80. The van der Waals surface area contributed by atoms with Gasteiger partial charge in [0.1, 0.15) is 5.92 Å². The van der Waals surface area contributed by atoms with Crippen LogP contribution in [0.15, 0.2) is 42.6 Å². The van der Waals surface area contributed by atoms with E-state index in [2.05, 4.69) is 12.1 Å². The highest BCUT2D eigenvalue weighted by molar-refractivity contribution is 5.46. The molecule has 1 aromatic carbocycles. The van der Waals surface area contributed by atoms with Gasteiger partial charge in [-0.25, -0.2) is 0 Å². The van der Waals surface area contributed by atoms with Gasteiger partial charge in [0.2, 0.25) is 0 Å². The average Bonchev–Trinajstić information content (AvgIpc) is 2.78. The average molecular weight is 221 g/mol. The summed E-state index contributed by atoms with van der Waals surface area (Å²) in [6.45, 7) is 0. The van der Waals surface area contributed by atoms with Gasteiger partial charge in [0.05, 0.1) is 17.7 Å². The van der Waals surface area contributed by atoms with Crippen LogP contribution in [0.2, 0.25) is 0 Å². The van der Waals surface area contributed by atoms with E-state index in [0.29, 0.717) is 5.56 Å². The molecule has 0 fully saturated rings. The van der Waals surface area contributed by atoms with Crippen LogP contribution < -0.4 is 0 Å². The molecule has 0 spiro atoms. The van der Waals surface area contributed by atoms with Crippen LogP contribution in [0.25, 0.3) is 0 Å². The topological polar surface area (TPSA) is 52.5 Å². The minimum atomic E-state index is -0.397. The first kappa shape index (κ1) is 11.0. The third kappa shape index (κ3) is 1.91. The summed E-state index contributed by atoms with van der Waals surface area (Å²) in [7, 11) is 1.90. The summed E-state index contributed by atoms with van der Waals surface area (Å²) in [6.07, 6.45) is 1.90. The maximum Gasteiger partial charge on any atom is 0.113 e. The van der Waals surface area contributed by atoms with Gasteiger partial charge < -0.3 is 4.57 Å². The number of nitriles is 2. The maximum atomic E-state index is 9.32. The lowest BCUT2D eigenvalue weighted by molar-refractivity contribution is 0.813. The molecule has 82 valence electrons. The predicted molar refractivity (Wildman–Crippen MR) is 64.0 cm³/mol. The van der Waals surface area contributed by atoms with Crippen LogP contribution >= 0.6 is 0 Å². The molecular weight excluding hydrogens is 210 g/mol. The summed E-state index contributed by atoms with van der Waals surface area (Å²) in [5, 5.41) is 18.4. The molecule has 2 aromatic rings. The Hall–Kier alpha value is -2.52. The first-order valence-corrected chi connectivity index (χ1v) is 5.27. The van der Waals surface area contributed by atoms with Crippen LogP contribution in [-0.4, -0.2) is 4.57 Å². The highest BCUT2D eigenvalue weighted by atomic mass is 14.9. The van der Waals surface area contributed by atoms with Crippen molar-refractivity contribution in [2.24, 2.45) is 7.05 Å². The van der Waals surface area contributed by atoms with Crippen LogP contribution in [0.1, 0.15) is 22.7 Å². The van der Waals surface area contributed by atoms with E-state index in [0.717, 1.165) is 11.3 Å². The monoisotopic (exact) mass is 221 g/mol. The molecule has 0 radical (unpaired) electrons. The van der Waals surface area contributed by atoms with Gasteiger partial charge in [0.25, 0.3) is 0 Å². The molecule has 0 aliphatic carbocycles. The van der Waals surface area contributed by atoms with E-state index in [1.807, 2.05) is 48.1 Å². The Kier molecular flexibility index (Phi) is 2.94. The van der Waals surface area contributed by atoms with E-state index in [4.69, 9.17) is 5.26 Å². The van der Waals surface area contributed by atoms with Gasteiger partial charge in [-0.05, 0) is 23.8 Å². The third-order valence-electron chi connectivity index (χ3n) is 2.80. The molecule has 3 heteroatoms. The van der Waals surface area contributed by atoms with Crippen molar-refractivity contribution >= 4 is 0 Å². The van der Waals surface area contributed by atoms with E-state index < -0.39 is 5.92 Å². The Balaban J connectivity index is 2.56. The Morgan fingerprint density at radius 2 is 1.88 bits per heavy atom. The molecule has 0 saturated heterocycles. The zero-order valence-electron chi connectivity index (χ0n) is 9.46. The molecule has 0 amide bonds. The second kappa shape index (κ2) is 4.55. The lowest BCUT2D eigenvalue weighted by atomic mass is 9.93. The fourth-order valence-electron chi connectivity index (χ4n) is 1.92. The van der Waals surface area contributed by atoms with Gasteiger partial charge in [-0.15, -0.1) is 0 Å². The van der Waals surface area contributed by atoms with Crippen LogP contribution in [-0.2, 0) is 7.05 Å². The standard InChI is InChI=1S/C14H11N3/c1-17-8-4-7-14(17)13(10-16)12-6-3-2-5-11(12)9-15/h2-8,13H,1H3/t13-/m1/s1. The fourth-order valence-corrected chi connectivity index (χ4v) is 1.92. The second-order valence-corrected chi connectivity index (χ2v) is 3.81. The molecule has 3 nitrogen and oxygen atoms in total. The lowest BCUT2D eigenvalue weighted by Crippen LogP contribution is -2.05. The smallest absolute Gasteiger partial charge is 0.113 e. The first-order chi connectivity index (χ1) is 8.27. The molecule has 1 aromatic heterocycles. The van der Waals surface area contributed by atoms with Gasteiger partial charge in [-0.3, -0.25) is 0 Å². The van der Waals surface area contributed by atoms with E-state index in [-0.39, 0.29) is 0 Å². The Morgan fingerprint density at radius 3 is 2.47 bits per heavy atom. The number of benzene rings is 1. The Labute approximate surface area is 100 Å². The quantitative estimate of drug-likeness (QED) is 0.782. The lowest BCUT2D eigenvalue weighted by Gasteiger charge is -2.12. The molecule has 0 saturated carbocycles. The highest BCUT2D eigenvalue weighted by Gasteiger charge is 2.18. The Morgan fingerprint density at radius 1 is 1.12 bits per heavy atom. The van der Waals surface area contributed by atoms with Crippen molar-refractivity contribution in [1.29, 1.82) is 10.5 Å². The van der Waals surface area contributed by atoms with Gasteiger partial charge in [-0.2, -0.15) is 10.5 Å². The molecule has 2 rings (SSSR count). The first-order valence-electron chi connectivity index (χ1n) is 5.27. The molecule has 17 heavy (non-hydrogen) atoms. The summed E-state index contributed by atoms with van der Waals surface area (Å²) in [6, 6.07) is 15.4. The fraction of sp³-hybridized carbons (Fsp3) is 0.143. The molecule has 0 N–H and O–H groups in total. The molecule has 0 aliphatic rings. The van der Waals surface area contributed by atoms with Crippen LogP contribution in [0.4, 0.5) is 0 Å². The molecular formula is C14H11N3. The summed E-state index contributed by atoms with van der Waals surface area (Å²) >= 11 is 0. The second-order valence-electron chi connectivity index (χ2n) is 3.81. The zero-order valence-corrected chi connectivity index (χ0v) is 9.46. The number of aryl methyl sites for hydroxylation is 1. The zero-order chi connectivity index (χ0) is 12.3. The minimum absolute atomic E-state index is 0.397. The van der Waals surface area contributed by atoms with Gasteiger partial charge in [0.15, 0.2) is 0 Å². The van der Waals surface area contributed by atoms with Crippen LogP contribution in [0.5, 0.6) is 0 Å². The van der Waals surface area contributed by atoms with Crippen molar-refractivity contribution < 1.29 is 0 Å². The molecule has 1 heterocycles. The minimum Gasteiger partial charge on any atom is -0.353 e. The van der Waals surface area contributed by atoms with Crippen molar-refractivity contribution in [3.63, 3.8) is 0 Å². The van der Waals surface area contributed by atoms with E-state index >= 15 is 0 Å². The summed E-state index contributed by atoms with van der Waals surface area (Å²) in [5.41, 5.74) is 2.22. The van der Waals surface area contributed by atoms with Crippen LogP contribution in [0, 0.1) is 22.7 Å². The summed E-state index contributed by atoms with van der Waals surface area (Å²) < 4.78 is 1.90. The Bertz CT molecular complexity index is 611. The van der Waals surface area contributed by atoms with E-state index in [9.17, 15) is 5.26 Å². The number of hydrogen-bond donors (Lipinski definition) is 0. The highest BCUT2D eigenvalue weighted by Crippen LogP contribution is 2.26. The van der Waals surface area contributed by atoms with Crippen molar-refractivity contribution in [3.05, 3.63) is 59.4 Å². The molecule has 0 unspecified atom stereocenters. The summed E-state index contributed by atoms with van der Waals surface area (Å²) in [5.74, 6) is -0.397. The number of hydrogen-bond acceptors (Lipinski definition) is 2. The summed E-state index contributed by atoms with van der Waals surface area (Å²) in [4.78, 5) is 0. The van der Waals surface area contributed by atoms with E-state index in [1.54, 1.807) is 6.07 Å². The van der Waals surface area contributed by atoms with Crippen molar-refractivity contribution in [2.45, 2.75) is 5.92 Å². The van der Waals surface area contributed by atoms with Gasteiger partial charge in [0, 0.05) is 18.9 Å². The van der Waals surface area contributed by atoms with Crippen molar-refractivity contribution in [1.82, 2.24) is 4.57 Å². The van der Waals surface area contributed by atoms with E-state index in [1.165, 1.54) is 0 Å². The predicted octanol–water partition coefficient (Wildman–Crippen LogP) is 2.55. The number of nitrogens with zero attached hydrogens (tertiary/aromatic N) is 3. The molecule has 1 atom stereocenters. The largest absolute Gasteiger partial charge is 0.353 e. The number of rotatable bonds is 2. The number of aromatic nitrogens is 1. The van der Waals surface area contributed by atoms with Crippen LogP contribution in [0.3, 0.4) is 0 Å². The van der Waals surface area contributed by atoms with Gasteiger partial charge in [-0.1, -0.05) is 18.2 Å². The molecule has 0 aliphatic heterocycles. The normalized spacial score (nSPS) is 11.5. The molecule has 0 bridgehead atoms. The van der Waals surface area contributed by atoms with Crippen molar-refractivity contribution in [3.8, 4) is 12.1 Å². The van der Waals surface area contributed by atoms with Gasteiger partial charge >= 0.3 is 0 Å².